The van der Waals surface area contributed by atoms with Crippen LogP contribution in [0.25, 0.3) is 0 Å². The van der Waals surface area contributed by atoms with E-state index in [9.17, 15) is 24.0 Å². The van der Waals surface area contributed by atoms with Crippen LogP contribution in [0.15, 0.2) is 24.3 Å². The number of carbonyl (C=O) groups excluding carboxylic acids is 5. The average Bonchev–Trinajstić information content (AvgIpc) is 2.60. The molecule has 166 valence electrons. The van der Waals surface area contributed by atoms with E-state index in [-0.39, 0.29) is 0 Å². The summed E-state index contributed by atoms with van der Waals surface area (Å²) in [5, 5.41) is 0. The number of carbonyl (C=O) groups is 5. The molecule has 0 aromatic heterocycles. The molecule has 0 aromatic rings. The molecule has 0 bridgehead atoms. The topological polar surface area (TPSA) is 132 Å². The fourth-order valence-electron chi connectivity index (χ4n) is 2.76. The van der Waals surface area contributed by atoms with Crippen LogP contribution in [0, 0.1) is 0 Å². The zero-order valence-corrected chi connectivity index (χ0v) is 17.5. The van der Waals surface area contributed by atoms with Gasteiger partial charge in [0.25, 0.3) is 0 Å². The number of esters is 5. The minimum absolute atomic E-state index is 0.393. The van der Waals surface area contributed by atoms with Crippen LogP contribution >= 0.6 is 0 Å². The lowest BCUT2D eigenvalue weighted by Gasteiger charge is -2.33. The van der Waals surface area contributed by atoms with E-state index in [2.05, 4.69) is 0 Å². The van der Waals surface area contributed by atoms with Crippen molar-refractivity contribution in [3.63, 3.8) is 0 Å². The Labute approximate surface area is 174 Å². The third-order valence-corrected chi connectivity index (χ3v) is 3.77. The molecule has 0 amide bonds. The van der Waals surface area contributed by atoms with E-state index in [0.29, 0.717) is 6.42 Å². The van der Waals surface area contributed by atoms with Crippen LogP contribution in [-0.2, 0) is 47.7 Å². The second-order valence-corrected chi connectivity index (χ2v) is 6.54. The van der Waals surface area contributed by atoms with E-state index in [1.54, 1.807) is 6.08 Å². The van der Waals surface area contributed by atoms with Crippen molar-refractivity contribution in [1.82, 2.24) is 0 Å². The van der Waals surface area contributed by atoms with Crippen molar-refractivity contribution in [2.45, 2.75) is 71.6 Å². The minimum atomic E-state index is -1.34. The Morgan fingerprint density at radius 3 is 1.97 bits per heavy atom. The van der Waals surface area contributed by atoms with Gasteiger partial charge in [-0.3, -0.25) is 19.2 Å². The Kier molecular flexibility index (Phi) is 9.73. The number of hydrogen-bond acceptors (Lipinski definition) is 10. The average molecular weight is 426 g/mol. The standard InChI is InChI=1S/C20H26O10/c1-11(26-12(2)21)19(28-14(4)23)20(29-15(5)24)17(27-13(3)22)10-9-16-7-6-8-18(25)30-16/h6,8-11,16-17,19-20H,7H2,1-5H3/b10-9+/t11-,16+,17+,19-,20-/m1/s1. The summed E-state index contributed by atoms with van der Waals surface area (Å²) >= 11 is 0. The lowest BCUT2D eigenvalue weighted by molar-refractivity contribution is -0.193. The van der Waals surface area contributed by atoms with E-state index in [1.807, 2.05) is 0 Å². The van der Waals surface area contributed by atoms with Gasteiger partial charge < -0.3 is 23.7 Å². The first-order valence-electron chi connectivity index (χ1n) is 9.24. The first-order valence-corrected chi connectivity index (χ1v) is 9.24. The molecule has 10 heteroatoms. The van der Waals surface area contributed by atoms with Crippen LogP contribution in [0.2, 0.25) is 0 Å². The van der Waals surface area contributed by atoms with E-state index >= 15 is 0 Å². The highest BCUT2D eigenvalue weighted by molar-refractivity contribution is 5.83. The summed E-state index contributed by atoms with van der Waals surface area (Å²) in [6.45, 7) is 6.00. The van der Waals surface area contributed by atoms with Crippen molar-refractivity contribution in [2.24, 2.45) is 0 Å². The van der Waals surface area contributed by atoms with Crippen LogP contribution in [0.5, 0.6) is 0 Å². The van der Waals surface area contributed by atoms with Gasteiger partial charge in [0, 0.05) is 40.2 Å². The zero-order valence-electron chi connectivity index (χ0n) is 17.5. The summed E-state index contributed by atoms with van der Waals surface area (Å²) < 4.78 is 26.0. The summed E-state index contributed by atoms with van der Waals surface area (Å²) in [5.74, 6) is -3.36. The van der Waals surface area contributed by atoms with Gasteiger partial charge in [0.05, 0.1) is 0 Å². The molecule has 0 spiro atoms. The molecule has 1 rings (SSSR count). The molecular weight excluding hydrogens is 400 g/mol. The van der Waals surface area contributed by atoms with Crippen molar-refractivity contribution in [3.8, 4) is 0 Å². The summed E-state index contributed by atoms with van der Waals surface area (Å²) in [4.78, 5) is 57.8. The molecule has 0 unspecified atom stereocenters. The Morgan fingerprint density at radius 2 is 1.47 bits per heavy atom. The van der Waals surface area contributed by atoms with Gasteiger partial charge in [0.2, 0.25) is 0 Å². The summed E-state index contributed by atoms with van der Waals surface area (Å²) in [6.07, 6.45) is 0.629. The fraction of sp³-hybridized carbons (Fsp3) is 0.550. The van der Waals surface area contributed by atoms with Crippen molar-refractivity contribution >= 4 is 29.8 Å². The van der Waals surface area contributed by atoms with E-state index in [4.69, 9.17) is 23.7 Å². The molecule has 0 radical (unpaired) electrons. The predicted octanol–water partition coefficient (Wildman–Crippen LogP) is 1.16. The number of cyclic esters (lactones) is 1. The monoisotopic (exact) mass is 426 g/mol. The van der Waals surface area contributed by atoms with Crippen molar-refractivity contribution in [3.05, 3.63) is 24.3 Å². The molecule has 0 saturated carbocycles. The third kappa shape index (κ3) is 8.89. The quantitative estimate of drug-likeness (QED) is 0.300. The second kappa shape index (κ2) is 11.7. The van der Waals surface area contributed by atoms with E-state index < -0.39 is 60.4 Å². The number of ether oxygens (including phenoxy) is 5. The van der Waals surface area contributed by atoms with Crippen LogP contribution in [0.3, 0.4) is 0 Å². The summed E-state index contributed by atoms with van der Waals surface area (Å²) in [7, 11) is 0. The molecule has 30 heavy (non-hydrogen) atoms. The Hall–Kier alpha value is -3.17. The van der Waals surface area contributed by atoms with Crippen molar-refractivity contribution in [2.75, 3.05) is 0 Å². The van der Waals surface area contributed by atoms with Crippen molar-refractivity contribution < 1.29 is 47.7 Å². The molecule has 0 saturated heterocycles. The molecule has 0 N–H and O–H groups in total. The maximum atomic E-state index is 11.7. The Morgan fingerprint density at radius 1 is 0.933 bits per heavy atom. The third-order valence-electron chi connectivity index (χ3n) is 3.77. The van der Waals surface area contributed by atoms with Gasteiger partial charge in [-0.25, -0.2) is 4.79 Å². The van der Waals surface area contributed by atoms with E-state index in [1.165, 1.54) is 25.2 Å². The molecule has 0 aliphatic carbocycles. The molecule has 0 aromatic carbocycles. The normalized spacial score (nSPS) is 19.8. The predicted molar refractivity (Wildman–Crippen MR) is 101 cm³/mol. The maximum Gasteiger partial charge on any atom is 0.331 e. The van der Waals surface area contributed by atoms with Crippen LogP contribution in [0.4, 0.5) is 0 Å². The maximum absolute atomic E-state index is 11.7. The molecule has 5 atom stereocenters. The number of rotatable bonds is 9. The highest BCUT2D eigenvalue weighted by Crippen LogP contribution is 2.21. The van der Waals surface area contributed by atoms with Gasteiger partial charge in [-0.1, -0.05) is 6.08 Å². The van der Waals surface area contributed by atoms with Gasteiger partial charge >= 0.3 is 29.8 Å². The first kappa shape index (κ1) is 24.9. The molecular formula is C20H26O10. The van der Waals surface area contributed by atoms with Gasteiger partial charge in [-0.05, 0) is 19.1 Å². The largest absolute Gasteiger partial charge is 0.459 e. The number of hydrogen-bond donors (Lipinski definition) is 0. The van der Waals surface area contributed by atoms with E-state index in [0.717, 1.165) is 27.7 Å². The lowest BCUT2D eigenvalue weighted by atomic mass is 10.0. The molecule has 1 aliphatic rings. The van der Waals surface area contributed by atoms with Gasteiger partial charge in [-0.2, -0.15) is 0 Å². The SMILES string of the molecule is CC(=O)O[C@@H]([C@H](OC(C)=O)[C@@H](C)OC(C)=O)[C@H](/C=C/[C@@H]1CC=CC(=O)O1)OC(C)=O. The fourth-order valence-corrected chi connectivity index (χ4v) is 2.76. The molecule has 10 nitrogen and oxygen atoms in total. The van der Waals surface area contributed by atoms with Crippen molar-refractivity contribution in [1.29, 1.82) is 0 Å². The lowest BCUT2D eigenvalue weighted by Crippen LogP contribution is -2.50. The Bertz CT molecular complexity index is 723. The van der Waals surface area contributed by atoms with Gasteiger partial charge in [0.1, 0.15) is 12.2 Å². The van der Waals surface area contributed by atoms with Gasteiger partial charge in [-0.15, -0.1) is 0 Å². The highest BCUT2D eigenvalue weighted by Gasteiger charge is 2.40. The summed E-state index contributed by atoms with van der Waals surface area (Å²) in [6, 6.07) is 0. The van der Waals surface area contributed by atoms with Gasteiger partial charge in [0.15, 0.2) is 18.3 Å². The molecule has 1 aliphatic heterocycles. The summed E-state index contributed by atoms with van der Waals surface area (Å²) in [5.41, 5.74) is 0. The first-order chi connectivity index (χ1) is 14.0. The minimum Gasteiger partial charge on any atom is -0.459 e. The second-order valence-electron chi connectivity index (χ2n) is 6.54. The highest BCUT2D eigenvalue weighted by atomic mass is 16.6. The van der Waals surface area contributed by atoms with Crippen LogP contribution < -0.4 is 0 Å². The zero-order chi connectivity index (χ0) is 22.8. The smallest absolute Gasteiger partial charge is 0.331 e. The molecule has 1 heterocycles. The van der Waals surface area contributed by atoms with Crippen LogP contribution in [0.1, 0.15) is 41.0 Å². The molecule has 0 fully saturated rings. The Balaban J connectivity index is 3.26. The van der Waals surface area contributed by atoms with Crippen LogP contribution in [-0.4, -0.2) is 60.4 Å².